The van der Waals surface area contributed by atoms with Crippen molar-refractivity contribution in [2.45, 2.75) is 6.42 Å². The van der Waals surface area contributed by atoms with Crippen LogP contribution in [-0.4, -0.2) is 10.8 Å². The largest absolute Gasteiger partial charge is 0.293 e. The smallest absolute Gasteiger partial charge is 0.178 e. The maximum atomic E-state index is 11.7. The number of carbonyl (C=O) groups is 1. The van der Waals surface area contributed by atoms with Crippen molar-refractivity contribution in [2.75, 3.05) is 0 Å². The molecule has 0 saturated heterocycles. The van der Waals surface area contributed by atoms with Crippen molar-refractivity contribution in [1.82, 2.24) is 4.98 Å². The van der Waals surface area contributed by atoms with Gasteiger partial charge in [-0.1, -0.05) is 11.6 Å². The van der Waals surface area contributed by atoms with E-state index in [1.165, 1.54) is 22.7 Å². The number of thiazole rings is 1. The van der Waals surface area contributed by atoms with Gasteiger partial charge in [-0.05, 0) is 12.1 Å². The number of ketones is 1. The third-order valence-electron chi connectivity index (χ3n) is 1.67. The summed E-state index contributed by atoms with van der Waals surface area (Å²) in [6.45, 7) is 0. The van der Waals surface area contributed by atoms with Crippen LogP contribution in [0.15, 0.2) is 23.8 Å². The molecular formula is C9H6ClNOS2. The van der Waals surface area contributed by atoms with Crippen LogP contribution in [0.3, 0.4) is 0 Å². The fourth-order valence-electron chi connectivity index (χ4n) is 1.04. The normalized spacial score (nSPS) is 10.4. The lowest BCUT2D eigenvalue weighted by molar-refractivity contribution is 0.0997. The van der Waals surface area contributed by atoms with Crippen molar-refractivity contribution in [1.29, 1.82) is 0 Å². The number of nitrogens with zero attached hydrogens (tertiary/aromatic N) is 1. The first-order valence-corrected chi connectivity index (χ1v) is 5.99. The average molecular weight is 244 g/mol. The van der Waals surface area contributed by atoms with Crippen molar-refractivity contribution in [3.63, 3.8) is 0 Å². The molecule has 72 valence electrons. The Labute approximate surface area is 94.2 Å². The standard InChI is InChI=1S/C9H6ClNOS2/c10-9-2-1-8(14-9)7(12)3-6-4-11-5-13-6/h1-2,4-5H,3H2. The Balaban J connectivity index is 2.10. The Morgan fingerprint density at radius 2 is 2.36 bits per heavy atom. The van der Waals surface area contributed by atoms with E-state index in [1.807, 2.05) is 0 Å². The fraction of sp³-hybridized carbons (Fsp3) is 0.111. The molecule has 0 N–H and O–H groups in total. The number of hydrogen-bond donors (Lipinski definition) is 0. The summed E-state index contributed by atoms with van der Waals surface area (Å²) in [5.41, 5.74) is 1.73. The summed E-state index contributed by atoms with van der Waals surface area (Å²) >= 11 is 8.55. The van der Waals surface area contributed by atoms with E-state index in [4.69, 9.17) is 11.6 Å². The summed E-state index contributed by atoms with van der Waals surface area (Å²) in [5, 5.41) is 0. The molecule has 2 nitrogen and oxygen atoms in total. The summed E-state index contributed by atoms with van der Waals surface area (Å²) in [7, 11) is 0. The van der Waals surface area contributed by atoms with Crippen LogP contribution in [0.1, 0.15) is 14.5 Å². The van der Waals surface area contributed by atoms with E-state index in [9.17, 15) is 4.79 Å². The molecule has 5 heteroatoms. The maximum Gasteiger partial charge on any atom is 0.178 e. The van der Waals surface area contributed by atoms with Gasteiger partial charge < -0.3 is 0 Å². The highest BCUT2D eigenvalue weighted by molar-refractivity contribution is 7.18. The Hall–Kier alpha value is -0.710. The number of carbonyl (C=O) groups excluding carboxylic acids is 1. The minimum absolute atomic E-state index is 0.103. The lowest BCUT2D eigenvalue weighted by Crippen LogP contribution is -1.98. The Bertz CT molecular complexity index is 435. The Morgan fingerprint density at radius 3 is 2.93 bits per heavy atom. The third kappa shape index (κ3) is 2.20. The van der Waals surface area contributed by atoms with Crippen LogP contribution < -0.4 is 0 Å². The molecule has 0 aromatic carbocycles. The Morgan fingerprint density at radius 1 is 1.50 bits per heavy atom. The highest BCUT2D eigenvalue weighted by Gasteiger charge is 2.10. The highest BCUT2D eigenvalue weighted by atomic mass is 35.5. The second kappa shape index (κ2) is 4.21. The van der Waals surface area contributed by atoms with Crippen LogP contribution in [0.4, 0.5) is 0 Å². The first-order valence-electron chi connectivity index (χ1n) is 3.91. The topological polar surface area (TPSA) is 30.0 Å². The second-order valence-electron chi connectivity index (χ2n) is 2.67. The monoisotopic (exact) mass is 243 g/mol. The Kier molecular flexibility index (Phi) is 2.96. The number of halogens is 1. The first-order chi connectivity index (χ1) is 6.75. The molecule has 0 spiro atoms. The van der Waals surface area contributed by atoms with Crippen LogP contribution >= 0.6 is 34.3 Å². The number of thiophene rings is 1. The van der Waals surface area contributed by atoms with Crippen LogP contribution in [0, 0.1) is 0 Å². The van der Waals surface area contributed by atoms with E-state index in [1.54, 1.807) is 23.8 Å². The van der Waals surface area contributed by atoms with Gasteiger partial charge in [-0.25, -0.2) is 0 Å². The van der Waals surface area contributed by atoms with Crippen LogP contribution in [0.2, 0.25) is 4.34 Å². The SMILES string of the molecule is O=C(Cc1cncs1)c1ccc(Cl)s1. The highest BCUT2D eigenvalue weighted by Crippen LogP contribution is 2.23. The molecule has 0 bridgehead atoms. The first kappa shape index (κ1) is 9.83. The van der Waals surface area contributed by atoms with Gasteiger partial charge in [0.2, 0.25) is 0 Å². The zero-order valence-electron chi connectivity index (χ0n) is 7.07. The van der Waals surface area contributed by atoms with Crippen LogP contribution in [0.25, 0.3) is 0 Å². The molecule has 0 unspecified atom stereocenters. The molecule has 2 rings (SSSR count). The molecule has 0 saturated carbocycles. The minimum atomic E-state index is 0.103. The zero-order valence-corrected chi connectivity index (χ0v) is 9.46. The number of Topliss-reactive ketones (excluding diaryl/α,β-unsaturated/α-hetero) is 1. The molecule has 0 aliphatic carbocycles. The van der Waals surface area contributed by atoms with Gasteiger partial charge >= 0.3 is 0 Å². The van der Waals surface area contributed by atoms with Gasteiger partial charge in [-0.15, -0.1) is 22.7 Å². The summed E-state index contributed by atoms with van der Waals surface area (Å²) in [4.78, 5) is 17.3. The predicted molar refractivity (Wildman–Crippen MR) is 59.5 cm³/mol. The van der Waals surface area contributed by atoms with Gasteiger partial charge in [0.15, 0.2) is 5.78 Å². The lowest BCUT2D eigenvalue weighted by Gasteiger charge is -1.92. The van der Waals surface area contributed by atoms with E-state index in [0.717, 1.165) is 4.88 Å². The summed E-state index contributed by atoms with van der Waals surface area (Å²) in [5.74, 6) is 0.103. The number of rotatable bonds is 3. The van der Waals surface area contributed by atoms with Gasteiger partial charge in [0, 0.05) is 17.5 Å². The molecule has 2 heterocycles. The van der Waals surface area contributed by atoms with Crippen LogP contribution in [-0.2, 0) is 6.42 Å². The third-order valence-corrected chi connectivity index (χ3v) is 3.72. The van der Waals surface area contributed by atoms with E-state index in [-0.39, 0.29) is 5.78 Å². The molecule has 2 aromatic rings. The zero-order chi connectivity index (χ0) is 9.97. The van der Waals surface area contributed by atoms with Crippen molar-refractivity contribution in [3.8, 4) is 0 Å². The van der Waals surface area contributed by atoms with Gasteiger partial charge in [-0.2, -0.15) is 0 Å². The summed E-state index contributed by atoms with van der Waals surface area (Å²) in [6, 6.07) is 3.50. The number of hydrogen-bond acceptors (Lipinski definition) is 4. The average Bonchev–Trinajstić information content (AvgIpc) is 2.75. The fourth-order valence-corrected chi connectivity index (χ4v) is 2.61. The van der Waals surface area contributed by atoms with Crippen molar-refractivity contribution >= 4 is 40.1 Å². The molecule has 0 fully saturated rings. The number of aromatic nitrogens is 1. The molecule has 14 heavy (non-hydrogen) atoms. The second-order valence-corrected chi connectivity index (χ2v) is 5.36. The summed E-state index contributed by atoms with van der Waals surface area (Å²) < 4.78 is 0.651. The maximum absolute atomic E-state index is 11.7. The molecule has 0 radical (unpaired) electrons. The van der Waals surface area contributed by atoms with E-state index < -0.39 is 0 Å². The molecule has 2 aromatic heterocycles. The molecular weight excluding hydrogens is 238 g/mol. The lowest BCUT2D eigenvalue weighted by atomic mass is 10.2. The van der Waals surface area contributed by atoms with Gasteiger partial charge in [0.1, 0.15) is 0 Å². The van der Waals surface area contributed by atoms with Crippen LogP contribution in [0.5, 0.6) is 0 Å². The van der Waals surface area contributed by atoms with Crippen molar-refractivity contribution < 1.29 is 4.79 Å². The van der Waals surface area contributed by atoms with Gasteiger partial charge in [0.05, 0.1) is 14.7 Å². The molecule has 0 aliphatic heterocycles. The van der Waals surface area contributed by atoms with Gasteiger partial charge in [-0.3, -0.25) is 9.78 Å². The van der Waals surface area contributed by atoms with E-state index >= 15 is 0 Å². The summed E-state index contributed by atoms with van der Waals surface area (Å²) in [6.07, 6.45) is 2.14. The quantitative estimate of drug-likeness (QED) is 0.775. The van der Waals surface area contributed by atoms with E-state index in [2.05, 4.69) is 4.98 Å². The van der Waals surface area contributed by atoms with Crippen molar-refractivity contribution in [2.24, 2.45) is 0 Å². The molecule has 0 amide bonds. The predicted octanol–water partition coefficient (Wildman–Crippen LogP) is 3.28. The van der Waals surface area contributed by atoms with E-state index in [0.29, 0.717) is 15.6 Å². The van der Waals surface area contributed by atoms with Gasteiger partial charge in [0.25, 0.3) is 0 Å². The minimum Gasteiger partial charge on any atom is -0.293 e. The molecule has 0 atom stereocenters. The van der Waals surface area contributed by atoms with Crippen molar-refractivity contribution in [3.05, 3.63) is 37.9 Å². The molecule has 0 aliphatic rings.